The molecule has 0 aliphatic carbocycles. The number of para-hydroxylation sites is 1. The minimum atomic E-state index is 0.0374. The van der Waals surface area contributed by atoms with Crippen molar-refractivity contribution in [2.45, 2.75) is 12.8 Å². The molecule has 2 rings (SSSR count). The van der Waals surface area contributed by atoms with E-state index in [0.29, 0.717) is 23.6 Å². The predicted molar refractivity (Wildman–Crippen MR) is 87.7 cm³/mol. The second kappa shape index (κ2) is 7.50. The van der Waals surface area contributed by atoms with Gasteiger partial charge in [-0.3, -0.25) is 4.79 Å². The van der Waals surface area contributed by atoms with E-state index in [1.807, 2.05) is 48.5 Å². The number of carbonyl (C=O) groups is 1. The number of nitrogens with zero attached hydrogens (tertiary/aromatic N) is 1. The van der Waals surface area contributed by atoms with Crippen LogP contribution < -0.4 is 14.4 Å². The summed E-state index contributed by atoms with van der Waals surface area (Å²) in [7, 11) is 4.91. The number of hydrogen-bond acceptors (Lipinski definition) is 3. The molecule has 0 saturated carbocycles. The van der Waals surface area contributed by atoms with Crippen molar-refractivity contribution in [2.75, 3.05) is 26.2 Å². The number of amides is 1. The third kappa shape index (κ3) is 3.58. The van der Waals surface area contributed by atoms with Crippen molar-refractivity contribution in [2.24, 2.45) is 0 Å². The molecule has 1 amide bonds. The smallest absolute Gasteiger partial charge is 0.227 e. The molecule has 2 aromatic rings. The normalized spacial score (nSPS) is 10.1. The SMILES string of the molecule is COc1cccc(N(C)C(=O)CCc2ccccc2)c1OC. The number of ether oxygens (including phenoxy) is 2. The van der Waals surface area contributed by atoms with E-state index in [-0.39, 0.29) is 5.91 Å². The van der Waals surface area contributed by atoms with Crippen LogP contribution in [0.25, 0.3) is 0 Å². The standard InChI is InChI=1S/C18H21NO3/c1-19(15-10-7-11-16(21-2)18(15)22-3)17(20)13-12-14-8-5-4-6-9-14/h4-11H,12-13H2,1-3H3. The number of rotatable bonds is 6. The van der Waals surface area contributed by atoms with Gasteiger partial charge in [0, 0.05) is 13.5 Å². The lowest BCUT2D eigenvalue weighted by Gasteiger charge is -2.21. The molecule has 0 aliphatic rings. The van der Waals surface area contributed by atoms with Gasteiger partial charge in [0.05, 0.1) is 19.9 Å². The predicted octanol–water partition coefficient (Wildman–Crippen LogP) is 3.30. The molecule has 0 bridgehead atoms. The zero-order valence-electron chi connectivity index (χ0n) is 13.2. The number of aryl methyl sites for hydroxylation is 1. The highest BCUT2D eigenvalue weighted by Crippen LogP contribution is 2.36. The minimum absolute atomic E-state index is 0.0374. The first-order valence-corrected chi connectivity index (χ1v) is 7.19. The van der Waals surface area contributed by atoms with Crippen LogP contribution in [-0.4, -0.2) is 27.2 Å². The van der Waals surface area contributed by atoms with Crippen LogP contribution in [0, 0.1) is 0 Å². The van der Waals surface area contributed by atoms with Crippen LogP contribution in [0.15, 0.2) is 48.5 Å². The average Bonchev–Trinajstić information content (AvgIpc) is 2.59. The Bertz CT molecular complexity index is 625. The fourth-order valence-corrected chi connectivity index (χ4v) is 2.33. The summed E-state index contributed by atoms with van der Waals surface area (Å²) in [6, 6.07) is 15.5. The monoisotopic (exact) mass is 299 g/mol. The summed E-state index contributed by atoms with van der Waals surface area (Å²) in [5.74, 6) is 1.22. The quantitative estimate of drug-likeness (QED) is 0.821. The topological polar surface area (TPSA) is 38.8 Å². The Labute approximate surface area is 131 Å². The highest BCUT2D eigenvalue weighted by molar-refractivity contribution is 5.95. The van der Waals surface area contributed by atoms with Gasteiger partial charge in [-0.1, -0.05) is 36.4 Å². The third-order valence-electron chi connectivity index (χ3n) is 3.59. The van der Waals surface area contributed by atoms with Gasteiger partial charge in [0.2, 0.25) is 5.91 Å². The van der Waals surface area contributed by atoms with Crippen molar-refractivity contribution in [3.8, 4) is 11.5 Å². The van der Waals surface area contributed by atoms with Crippen LogP contribution in [-0.2, 0) is 11.2 Å². The summed E-state index contributed by atoms with van der Waals surface area (Å²) >= 11 is 0. The molecule has 0 N–H and O–H groups in total. The van der Waals surface area contributed by atoms with E-state index in [1.54, 1.807) is 26.2 Å². The van der Waals surface area contributed by atoms with Crippen molar-refractivity contribution in [1.29, 1.82) is 0 Å². The molecule has 0 fully saturated rings. The van der Waals surface area contributed by atoms with Gasteiger partial charge in [0.1, 0.15) is 0 Å². The first kappa shape index (κ1) is 15.9. The molecule has 2 aromatic carbocycles. The second-order valence-electron chi connectivity index (χ2n) is 4.95. The number of benzene rings is 2. The van der Waals surface area contributed by atoms with E-state index in [0.717, 1.165) is 12.0 Å². The molecule has 116 valence electrons. The van der Waals surface area contributed by atoms with E-state index in [1.165, 1.54) is 0 Å². The van der Waals surface area contributed by atoms with E-state index >= 15 is 0 Å². The number of hydrogen-bond donors (Lipinski definition) is 0. The zero-order chi connectivity index (χ0) is 15.9. The lowest BCUT2D eigenvalue weighted by Crippen LogP contribution is -2.27. The Morgan fingerprint density at radius 2 is 1.73 bits per heavy atom. The van der Waals surface area contributed by atoms with Crippen LogP contribution in [0.3, 0.4) is 0 Å². The summed E-state index contributed by atoms with van der Waals surface area (Å²) in [4.78, 5) is 14.0. The Balaban J connectivity index is 2.10. The molecule has 4 heteroatoms. The molecule has 0 aliphatic heterocycles. The number of anilines is 1. The third-order valence-corrected chi connectivity index (χ3v) is 3.59. The maximum absolute atomic E-state index is 12.4. The van der Waals surface area contributed by atoms with Gasteiger partial charge in [-0.05, 0) is 24.1 Å². The first-order chi connectivity index (χ1) is 10.7. The summed E-state index contributed by atoms with van der Waals surface area (Å²) in [6.07, 6.45) is 1.16. The Morgan fingerprint density at radius 1 is 1.00 bits per heavy atom. The highest BCUT2D eigenvalue weighted by atomic mass is 16.5. The molecule has 0 heterocycles. The van der Waals surface area contributed by atoms with Crippen molar-refractivity contribution in [3.05, 3.63) is 54.1 Å². The van der Waals surface area contributed by atoms with Crippen LogP contribution in [0.2, 0.25) is 0 Å². The first-order valence-electron chi connectivity index (χ1n) is 7.19. The molecule has 0 saturated heterocycles. The van der Waals surface area contributed by atoms with Gasteiger partial charge in [-0.2, -0.15) is 0 Å². The van der Waals surface area contributed by atoms with Crippen molar-refractivity contribution < 1.29 is 14.3 Å². The van der Waals surface area contributed by atoms with E-state index < -0.39 is 0 Å². The van der Waals surface area contributed by atoms with Crippen LogP contribution in [0.1, 0.15) is 12.0 Å². The van der Waals surface area contributed by atoms with Crippen LogP contribution >= 0.6 is 0 Å². The molecule has 0 atom stereocenters. The Morgan fingerprint density at radius 3 is 2.36 bits per heavy atom. The van der Waals surface area contributed by atoms with E-state index in [2.05, 4.69) is 0 Å². The van der Waals surface area contributed by atoms with Gasteiger partial charge in [-0.15, -0.1) is 0 Å². The van der Waals surface area contributed by atoms with Gasteiger partial charge in [-0.25, -0.2) is 0 Å². The van der Waals surface area contributed by atoms with E-state index in [4.69, 9.17) is 9.47 Å². The van der Waals surface area contributed by atoms with Crippen LogP contribution in [0.4, 0.5) is 5.69 Å². The zero-order valence-corrected chi connectivity index (χ0v) is 13.2. The maximum Gasteiger partial charge on any atom is 0.227 e. The summed E-state index contributed by atoms with van der Waals surface area (Å²) < 4.78 is 10.7. The summed E-state index contributed by atoms with van der Waals surface area (Å²) in [6.45, 7) is 0. The molecule has 0 spiro atoms. The summed E-state index contributed by atoms with van der Waals surface area (Å²) in [5, 5.41) is 0. The number of methoxy groups -OCH3 is 2. The van der Waals surface area contributed by atoms with Gasteiger partial charge in [0.25, 0.3) is 0 Å². The van der Waals surface area contributed by atoms with E-state index in [9.17, 15) is 4.79 Å². The lowest BCUT2D eigenvalue weighted by molar-refractivity contribution is -0.118. The molecule has 22 heavy (non-hydrogen) atoms. The van der Waals surface area contributed by atoms with Gasteiger partial charge >= 0.3 is 0 Å². The second-order valence-corrected chi connectivity index (χ2v) is 4.95. The molecule has 0 aromatic heterocycles. The molecular weight excluding hydrogens is 278 g/mol. The Hall–Kier alpha value is -2.49. The number of carbonyl (C=O) groups excluding carboxylic acids is 1. The highest BCUT2D eigenvalue weighted by Gasteiger charge is 2.18. The van der Waals surface area contributed by atoms with Gasteiger partial charge < -0.3 is 14.4 Å². The molecular formula is C18H21NO3. The Kier molecular flexibility index (Phi) is 5.42. The fourth-order valence-electron chi connectivity index (χ4n) is 2.33. The van der Waals surface area contributed by atoms with Gasteiger partial charge in [0.15, 0.2) is 11.5 Å². The van der Waals surface area contributed by atoms with Crippen molar-refractivity contribution in [1.82, 2.24) is 0 Å². The van der Waals surface area contributed by atoms with Crippen molar-refractivity contribution >= 4 is 11.6 Å². The molecule has 0 radical (unpaired) electrons. The summed E-state index contributed by atoms with van der Waals surface area (Å²) in [5.41, 5.74) is 1.86. The molecule has 0 unspecified atom stereocenters. The van der Waals surface area contributed by atoms with Crippen LogP contribution in [0.5, 0.6) is 11.5 Å². The fraction of sp³-hybridized carbons (Fsp3) is 0.278. The lowest BCUT2D eigenvalue weighted by atomic mass is 10.1. The maximum atomic E-state index is 12.4. The minimum Gasteiger partial charge on any atom is -0.493 e. The largest absolute Gasteiger partial charge is 0.493 e. The average molecular weight is 299 g/mol. The van der Waals surface area contributed by atoms with Crippen molar-refractivity contribution in [3.63, 3.8) is 0 Å². The molecule has 4 nitrogen and oxygen atoms in total.